The number of nitrogens with one attached hydrogen (secondary N) is 2. The Kier molecular flexibility index (Phi) is 4.70. The summed E-state index contributed by atoms with van der Waals surface area (Å²) in [5.74, 6) is 0.122. The van der Waals surface area contributed by atoms with Gasteiger partial charge in [-0.05, 0) is 48.5 Å². The number of anilines is 1. The molecule has 0 unspecified atom stereocenters. The molecule has 0 aliphatic heterocycles. The van der Waals surface area contributed by atoms with E-state index in [1.54, 1.807) is 55.6 Å². The third kappa shape index (κ3) is 3.99. The summed E-state index contributed by atoms with van der Waals surface area (Å²) in [6.07, 6.45) is 2.75. The summed E-state index contributed by atoms with van der Waals surface area (Å²) in [5, 5.41) is 9.97. The van der Waals surface area contributed by atoms with E-state index in [2.05, 4.69) is 20.9 Å². The van der Waals surface area contributed by atoms with Crippen molar-refractivity contribution < 1.29 is 14.3 Å². The summed E-state index contributed by atoms with van der Waals surface area (Å²) in [5.41, 5.74) is 4.12. The predicted molar refractivity (Wildman–Crippen MR) is 91.1 cm³/mol. The number of hydrogen-bond donors (Lipinski definition) is 2. The Morgan fingerprint density at radius 2 is 1.44 bits per heavy atom. The smallest absolute Gasteiger partial charge is 0.270 e. The molecule has 2 aromatic carbocycles. The van der Waals surface area contributed by atoms with E-state index in [0.29, 0.717) is 22.6 Å². The van der Waals surface area contributed by atoms with Gasteiger partial charge in [0.15, 0.2) is 0 Å². The topological polar surface area (TPSA) is 98.1 Å². The molecule has 1 heterocycles. The number of methoxy groups -OCH3 is 1. The van der Waals surface area contributed by atoms with Gasteiger partial charge in [-0.2, -0.15) is 0 Å². The molecule has 8 nitrogen and oxygen atoms in total. The van der Waals surface area contributed by atoms with Crippen molar-refractivity contribution in [3.8, 4) is 5.75 Å². The lowest BCUT2D eigenvalue weighted by molar-refractivity contribution is 0.100. The van der Waals surface area contributed by atoms with Gasteiger partial charge >= 0.3 is 0 Å². The molecule has 0 saturated heterocycles. The van der Waals surface area contributed by atoms with E-state index in [1.807, 2.05) is 0 Å². The minimum Gasteiger partial charge on any atom is -0.497 e. The molecule has 0 radical (unpaired) electrons. The van der Waals surface area contributed by atoms with Crippen LogP contribution < -0.4 is 15.5 Å². The zero-order valence-corrected chi connectivity index (χ0v) is 13.3. The highest BCUT2D eigenvalue weighted by atomic mass is 16.5. The van der Waals surface area contributed by atoms with Crippen LogP contribution in [-0.4, -0.2) is 33.8 Å². The molecule has 25 heavy (non-hydrogen) atoms. The largest absolute Gasteiger partial charge is 0.497 e. The molecule has 126 valence electrons. The fourth-order valence-corrected chi connectivity index (χ4v) is 2.09. The summed E-state index contributed by atoms with van der Waals surface area (Å²) >= 11 is 0. The Bertz CT molecular complexity index is 858. The molecular formula is C17H15N5O3. The van der Waals surface area contributed by atoms with Gasteiger partial charge in [0.2, 0.25) is 0 Å². The molecule has 8 heteroatoms. The van der Waals surface area contributed by atoms with Crippen LogP contribution >= 0.6 is 0 Å². The van der Waals surface area contributed by atoms with Gasteiger partial charge in [0.1, 0.15) is 18.4 Å². The van der Waals surface area contributed by atoms with Crippen molar-refractivity contribution in [1.29, 1.82) is 0 Å². The summed E-state index contributed by atoms with van der Waals surface area (Å²) in [7, 11) is 1.57. The minimum absolute atomic E-state index is 0.246. The lowest BCUT2D eigenvalue weighted by Gasteiger charge is -2.08. The lowest BCUT2D eigenvalue weighted by Crippen LogP contribution is -2.21. The van der Waals surface area contributed by atoms with Gasteiger partial charge in [-0.25, -0.2) is 4.68 Å². The van der Waals surface area contributed by atoms with Crippen molar-refractivity contribution in [3.05, 3.63) is 72.3 Å². The summed E-state index contributed by atoms with van der Waals surface area (Å²) < 4.78 is 6.41. The second kappa shape index (κ2) is 7.26. The number of amides is 2. The third-order valence-electron chi connectivity index (χ3n) is 3.41. The molecule has 0 bridgehead atoms. The van der Waals surface area contributed by atoms with E-state index in [4.69, 9.17) is 4.74 Å². The molecule has 0 atom stereocenters. The maximum Gasteiger partial charge on any atom is 0.270 e. The van der Waals surface area contributed by atoms with Crippen LogP contribution in [0.1, 0.15) is 20.7 Å². The van der Waals surface area contributed by atoms with Crippen molar-refractivity contribution in [3.63, 3.8) is 0 Å². The SMILES string of the molecule is COc1ccc(C(=O)Nc2ccc(C(=O)Nn3cnnc3)cc2)cc1. The van der Waals surface area contributed by atoms with Crippen LogP contribution in [0, 0.1) is 0 Å². The molecule has 0 saturated carbocycles. The van der Waals surface area contributed by atoms with Crippen LogP contribution in [0.4, 0.5) is 5.69 Å². The minimum atomic E-state index is -0.312. The Morgan fingerprint density at radius 1 is 0.880 bits per heavy atom. The van der Waals surface area contributed by atoms with E-state index >= 15 is 0 Å². The zero-order valence-electron chi connectivity index (χ0n) is 13.3. The highest BCUT2D eigenvalue weighted by Crippen LogP contribution is 2.14. The maximum absolute atomic E-state index is 12.2. The average molecular weight is 337 g/mol. The van der Waals surface area contributed by atoms with Crippen molar-refractivity contribution in [2.75, 3.05) is 17.9 Å². The quantitative estimate of drug-likeness (QED) is 0.741. The van der Waals surface area contributed by atoms with E-state index in [-0.39, 0.29) is 11.8 Å². The van der Waals surface area contributed by atoms with Crippen molar-refractivity contribution >= 4 is 17.5 Å². The predicted octanol–water partition coefficient (Wildman–Crippen LogP) is 1.92. The van der Waals surface area contributed by atoms with Crippen LogP contribution in [0.2, 0.25) is 0 Å². The Morgan fingerprint density at radius 3 is 2.04 bits per heavy atom. The van der Waals surface area contributed by atoms with E-state index < -0.39 is 0 Å². The average Bonchev–Trinajstić information content (AvgIpc) is 3.15. The molecule has 0 fully saturated rings. The van der Waals surface area contributed by atoms with E-state index in [1.165, 1.54) is 17.3 Å². The first-order valence-corrected chi connectivity index (χ1v) is 7.37. The molecule has 3 aromatic rings. The number of benzene rings is 2. The molecule has 0 aliphatic rings. The molecule has 0 aliphatic carbocycles. The second-order valence-electron chi connectivity index (χ2n) is 5.07. The fraction of sp³-hybridized carbons (Fsp3) is 0.0588. The van der Waals surface area contributed by atoms with Crippen LogP contribution in [-0.2, 0) is 0 Å². The molecule has 0 spiro atoms. The number of carbonyl (C=O) groups is 2. The molecule has 2 amide bonds. The highest BCUT2D eigenvalue weighted by molar-refractivity contribution is 6.05. The van der Waals surface area contributed by atoms with Crippen molar-refractivity contribution in [1.82, 2.24) is 14.9 Å². The van der Waals surface area contributed by atoms with Crippen LogP contribution in [0.5, 0.6) is 5.75 Å². The normalized spacial score (nSPS) is 10.1. The lowest BCUT2D eigenvalue weighted by atomic mass is 10.1. The molecular weight excluding hydrogens is 322 g/mol. The summed E-state index contributed by atoms with van der Waals surface area (Å²) in [6, 6.07) is 13.3. The zero-order chi connectivity index (χ0) is 17.6. The number of ether oxygens (including phenoxy) is 1. The highest BCUT2D eigenvalue weighted by Gasteiger charge is 2.09. The van der Waals surface area contributed by atoms with E-state index in [0.717, 1.165) is 0 Å². The third-order valence-corrected chi connectivity index (χ3v) is 3.41. The number of rotatable bonds is 5. The van der Waals surface area contributed by atoms with Crippen LogP contribution in [0.15, 0.2) is 61.2 Å². The van der Waals surface area contributed by atoms with Gasteiger partial charge < -0.3 is 10.1 Å². The number of nitrogens with zero attached hydrogens (tertiary/aromatic N) is 3. The fourth-order valence-electron chi connectivity index (χ4n) is 2.09. The van der Waals surface area contributed by atoms with Gasteiger partial charge in [-0.15, -0.1) is 10.2 Å². The van der Waals surface area contributed by atoms with Crippen molar-refractivity contribution in [2.24, 2.45) is 0 Å². The first-order chi connectivity index (χ1) is 12.2. The van der Waals surface area contributed by atoms with Gasteiger partial charge in [-0.3, -0.25) is 15.0 Å². The van der Waals surface area contributed by atoms with Crippen LogP contribution in [0.25, 0.3) is 0 Å². The first-order valence-electron chi connectivity index (χ1n) is 7.37. The Hall–Kier alpha value is -3.68. The summed E-state index contributed by atoms with van der Waals surface area (Å²) in [4.78, 5) is 24.2. The number of aromatic nitrogens is 3. The molecule has 1 aromatic heterocycles. The second-order valence-corrected chi connectivity index (χ2v) is 5.07. The van der Waals surface area contributed by atoms with E-state index in [9.17, 15) is 9.59 Å². The standard InChI is InChI=1S/C17H15N5O3/c1-25-15-8-4-12(5-9-15)16(23)20-14-6-2-13(3-7-14)17(24)21-22-10-18-19-11-22/h2-11H,1H3,(H,20,23)(H,21,24). The van der Waals surface area contributed by atoms with Gasteiger partial charge in [0, 0.05) is 16.8 Å². The monoisotopic (exact) mass is 337 g/mol. The maximum atomic E-state index is 12.2. The number of carbonyl (C=O) groups excluding carboxylic acids is 2. The molecule has 2 N–H and O–H groups in total. The summed E-state index contributed by atoms with van der Waals surface area (Å²) in [6.45, 7) is 0. The Balaban J connectivity index is 1.63. The van der Waals surface area contributed by atoms with Gasteiger partial charge in [0.25, 0.3) is 11.8 Å². The van der Waals surface area contributed by atoms with Gasteiger partial charge in [0.05, 0.1) is 7.11 Å². The number of hydrogen-bond acceptors (Lipinski definition) is 5. The van der Waals surface area contributed by atoms with Crippen LogP contribution in [0.3, 0.4) is 0 Å². The Labute approximate surface area is 143 Å². The first kappa shape index (κ1) is 16.2. The van der Waals surface area contributed by atoms with Crippen molar-refractivity contribution in [2.45, 2.75) is 0 Å². The van der Waals surface area contributed by atoms with Gasteiger partial charge in [-0.1, -0.05) is 0 Å². The molecule has 3 rings (SSSR count).